The number of ketones is 1. The predicted molar refractivity (Wildman–Crippen MR) is 65.8 cm³/mol. The minimum absolute atomic E-state index is 0.0764. The Kier molecular flexibility index (Phi) is 4.17. The van der Waals surface area contributed by atoms with Crippen molar-refractivity contribution in [3.63, 3.8) is 0 Å². The SMILES string of the molecule is CC(=O)[C@@H]1CCN(C(=O)OC(C)(C)C)[C@H](C)C1. The highest BCUT2D eigenvalue weighted by atomic mass is 16.6. The van der Waals surface area contributed by atoms with Gasteiger partial charge in [0.1, 0.15) is 11.4 Å². The van der Waals surface area contributed by atoms with Crippen LogP contribution < -0.4 is 0 Å². The Balaban J connectivity index is 2.58. The van der Waals surface area contributed by atoms with E-state index in [1.807, 2.05) is 27.7 Å². The number of hydrogen-bond acceptors (Lipinski definition) is 3. The minimum Gasteiger partial charge on any atom is -0.444 e. The zero-order valence-corrected chi connectivity index (χ0v) is 11.4. The number of likely N-dealkylation sites (tertiary alicyclic amines) is 1. The van der Waals surface area contributed by atoms with Crippen LogP contribution in [-0.4, -0.2) is 35.0 Å². The molecule has 0 aromatic heterocycles. The molecular formula is C13H23NO3. The van der Waals surface area contributed by atoms with Crippen molar-refractivity contribution in [2.24, 2.45) is 5.92 Å². The first-order valence-electron chi connectivity index (χ1n) is 6.21. The zero-order valence-electron chi connectivity index (χ0n) is 11.4. The number of carbonyl (C=O) groups is 2. The molecule has 0 saturated carbocycles. The first-order valence-corrected chi connectivity index (χ1v) is 6.21. The molecule has 0 bridgehead atoms. The lowest BCUT2D eigenvalue weighted by Gasteiger charge is -2.37. The van der Waals surface area contributed by atoms with Gasteiger partial charge in [-0.15, -0.1) is 0 Å². The highest BCUT2D eigenvalue weighted by Gasteiger charge is 2.33. The Morgan fingerprint density at radius 1 is 1.29 bits per heavy atom. The summed E-state index contributed by atoms with van der Waals surface area (Å²) < 4.78 is 5.35. The Morgan fingerprint density at radius 2 is 1.88 bits per heavy atom. The summed E-state index contributed by atoms with van der Waals surface area (Å²) in [6.07, 6.45) is 1.22. The van der Waals surface area contributed by atoms with E-state index in [1.54, 1.807) is 11.8 Å². The second kappa shape index (κ2) is 5.07. The first kappa shape index (κ1) is 14.0. The first-order chi connectivity index (χ1) is 7.70. The van der Waals surface area contributed by atoms with Crippen molar-refractivity contribution in [3.05, 3.63) is 0 Å². The summed E-state index contributed by atoms with van der Waals surface area (Å²) in [6.45, 7) is 9.79. The van der Waals surface area contributed by atoms with Crippen molar-refractivity contribution in [1.82, 2.24) is 4.90 Å². The fourth-order valence-electron chi connectivity index (χ4n) is 2.13. The van der Waals surface area contributed by atoms with Gasteiger partial charge in [-0.2, -0.15) is 0 Å². The van der Waals surface area contributed by atoms with E-state index in [4.69, 9.17) is 4.74 Å². The Labute approximate surface area is 103 Å². The van der Waals surface area contributed by atoms with Crippen LogP contribution in [0, 0.1) is 5.92 Å². The second-order valence-corrected chi connectivity index (χ2v) is 5.85. The van der Waals surface area contributed by atoms with Crippen molar-refractivity contribution < 1.29 is 14.3 Å². The Morgan fingerprint density at radius 3 is 2.29 bits per heavy atom. The summed E-state index contributed by atoms with van der Waals surface area (Å²) in [5, 5.41) is 0. The molecule has 1 amide bonds. The summed E-state index contributed by atoms with van der Waals surface area (Å²) in [7, 11) is 0. The number of amides is 1. The van der Waals surface area contributed by atoms with E-state index in [9.17, 15) is 9.59 Å². The average Bonchev–Trinajstić information content (AvgIpc) is 2.14. The Hall–Kier alpha value is -1.06. The average molecular weight is 241 g/mol. The molecule has 0 aliphatic carbocycles. The minimum atomic E-state index is -0.464. The molecule has 0 N–H and O–H groups in total. The van der Waals surface area contributed by atoms with Crippen LogP contribution in [0.25, 0.3) is 0 Å². The van der Waals surface area contributed by atoms with E-state index < -0.39 is 5.60 Å². The van der Waals surface area contributed by atoms with E-state index >= 15 is 0 Å². The predicted octanol–water partition coefficient (Wildman–Crippen LogP) is 2.61. The fraction of sp³-hybridized carbons (Fsp3) is 0.846. The number of carbonyl (C=O) groups excluding carboxylic acids is 2. The smallest absolute Gasteiger partial charge is 0.410 e. The summed E-state index contributed by atoms with van der Waals surface area (Å²) >= 11 is 0. The number of ether oxygens (including phenoxy) is 1. The maximum Gasteiger partial charge on any atom is 0.410 e. The summed E-state index contributed by atoms with van der Waals surface area (Å²) in [5.74, 6) is 0.323. The molecule has 4 nitrogen and oxygen atoms in total. The van der Waals surface area contributed by atoms with E-state index in [0.717, 1.165) is 12.8 Å². The number of Topliss-reactive ketones (excluding diaryl/α,β-unsaturated/α-hetero) is 1. The molecule has 0 aromatic carbocycles. The van der Waals surface area contributed by atoms with Gasteiger partial charge >= 0.3 is 6.09 Å². The van der Waals surface area contributed by atoms with Gasteiger partial charge in [-0.1, -0.05) is 0 Å². The van der Waals surface area contributed by atoms with Gasteiger partial charge in [0.2, 0.25) is 0 Å². The van der Waals surface area contributed by atoms with Gasteiger partial charge in [-0.3, -0.25) is 4.79 Å². The third-order valence-corrected chi connectivity index (χ3v) is 3.08. The molecule has 0 unspecified atom stereocenters. The molecule has 0 spiro atoms. The molecule has 0 radical (unpaired) electrons. The highest BCUT2D eigenvalue weighted by Crippen LogP contribution is 2.25. The molecule has 98 valence electrons. The van der Waals surface area contributed by atoms with Crippen LogP contribution in [0.5, 0.6) is 0 Å². The maximum atomic E-state index is 11.9. The normalized spacial score (nSPS) is 25.6. The molecule has 0 aromatic rings. The number of nitrogens with zero attached hydrogens (tertiary/aromatic N) is 1. The van der Waals surface area contributed by atoms with Crippen LogP contribution >= 0.6 is 0 Å². The lowest BCUT2D eigenvalue weighted by atomic mass is 9.89. The van der Waals surface area contributed by atoms with E-state index in [0.29, 0.717) is 6.54 Å². The molecule has 2 atom stereocenters. The van der Waals surface area contributed by atoms with Gasteiger partial charge in [0, 0.05) is 18.5 Å². The van der Waals surface area contributed by atoms with Crippen LogP contribution in [0.3, 0.4) is 0 Å². The third kappa shape index (κ3) is 4.02. The lowest BCUT2D eigenvalue weighted by Crippen LogP contribution is -2.47. The highest BCUT2D eigenvalue weighted by molar-refractivity contribution is 5.79. The van der Waals surface area contributed by atoms with Crippen LogP contribution in [-0.2, 0) is 9.53 Å². The second-order valence-electron chi connectivity index (χ2n) is 5.85. The summed E-state index contributed by atoms with van der Waals surface area (Å²) in [5.41, 5.74) is -0.464. The Bertz CT molecular complexity index is 306. The van der Waals surface area contributed by atoms with E-state index in [-0.39, 0.29) is 23.8 Å². The van der Waals surface area contributed by atoms with Crippen molar-refractivity contribution in [2.75, 3.05) is 6.54 Å². The van der Waals surface area contributed by atoms with Gasteiger partial charge in [0.05, 0.1) is 0 Å². The largest absolute Gasteiger partial charge is 0.444 e. The van der Waals surface area contributed by atoms with Gasteiger partial charge < -0.3 is 9.64 Å². The van der Waals surface area contributed by atoms with Crippen molar-refractivity contribution in [2.45, 2.75) is 59.1 Å². The fourth-order valence-corrected chi connectivity index (χ4v) is 2.13. The molecule has 4 heteroatoms. The molecule has 1 rings (SSSR count). The van der Waals surface area contributed by atoms with E-state index in [1.165, 1.54) is 0 Å². The van der Waals surface area contributed by atoms with Crippen molar-refractivity contribution in [1.29, 1.82) is 0 Å². The van der Waals surface area contributed by atoms with E-state index in [2.05, 4.69) is 0 Å². The molecule has 1 aliphatic rings. The molecule has 1 heterocycles. The van der Waals surface area contributed by atoms with Crippen LogP contribution in [0.4, 0.5) is 4.79 Å². The van der Waals surface area contributed by atoms with Crippen LogP contribution in [0.2, 0.25) is 0 Å². The topological polar surface area (TPSA) is 46.6 Å². The molecular weight excluding hydrogens is 218 g/mol. The number of piperidine rings is 1. The zero-order chi connectivity index (χ0) is 13.2. The van der Waals surface area contributed by atoms with Gasteiger partial charge in [0.25, 0.3) is 0 Å². The van der Waals surface area contributed by atoms with Gasteiger partial charge in [0.15, 0.2) is 0 Å². The van der Waals surface area contributed by atoms with Crippen LogP contribution in [0.1, 0.15) is 47.5 Å². The lowest BCUT2D eigenvalue weighted by molar-refractivity contribution is -0.122. The van der Waals surface area contributed by atoms with Crippen LogP contribution in [0.15, 0.2) is 0 Å². The standard InChI is InChI=1S/C13H23NO3/c1-9-8-11(10(2)15)6-7-14(9)12(16)17-13(3,4)5/h9,11H,6-8H2,1-5H3/t9-,11-/m1/s1. The van der Waals surface area contributed by atoms with Crippen molar-refractivity contribution >= 4 is 11.9 Å². The van der Waals surface area contributed by atoms with Crippen molar-refractivity contribution in [3.8, 4) is 0 Å². The molecule has 1 fully saturated rings. The number of rotatable bonds is 1. The quantitative estimate of drug-likeness (QED) is 0.709. The molecule has 1 aliphatic heterocycles. The molecule has 1 saturated heterocycles. The number of hydrogen-bond donors (Lipinski definition) is 0. The summed E-state index contributed by atoms with van der Waals surface area (Å²) in [4.78, 5) is 25.0. The maximum absolute atomic E-state index is 11.9. The third-order valence-electron chi connectivity index (χ3n) is 3.08. The monoisotopic (exact) mass is 241 g/mol. The van der Waals surface area contributed by atoms with Gasteiger partial charge in [-0.05, 0) is 47.5 Å². The molecule has 17 heavy (non-hydrogen) atoms. The summed E-state index contributed by atoms with van der Waals surface area (Å²) in [6, 6.07) is 0.0764. The van der Waals surface area contributed by atoms with Gasteiger partial charge in [-0.25, -0.2) is 4.79 Å².